The largest absolute Gasteiger partial charge is 0.385 e. The number of amides is 2. The number of piperazine rings is 1. The quantitative estimate of drug-likeness (QED) is 0.598. The first-order valence-electron chi connectivity index (χ1n) is 9.64. The molecular formula is C20H34ClN3O2. The van der Waals surface area contributed by atoms with Gasteiger partial charge in [-0.25, -0.2) is 4.79 Å². The van der Waals surface area contributed by atoms with Crippen molar-refractivity contribution in [2.24, 2.45) is 0 Å². The molecule has 1 aliphatic heterocycles. The van der Waals surface area contributed by atoms with Crippen LogP contribution in [0, 0.1) is 0 Å². The van der Waals surface area contributed by atoms with E-state index in [0.29, 0.717) is 0 Å². The minimum absolute atomic E-state index is 0. The Hall–Kier alpha value is -1.30. The topological polar surface area (TPSA) is 53.6 Å². The second-order valence-corrected chi connectivity index (χ2v) is 6.73. The molecule has 5 nitrogen and oxygen atoms in total. The first kappa shape index (κ1) is 22.7. The Balaban J connectivity index is 0.00000338. The molecule has 148 valence electrons. The number of hydrogen-bond acceptors (Lipinski definition) is 3. The summed E-state index contributed by atoms with van der Waals surface area (Å²) in [6.07, 6.45) is 8.70. The van der Waals surface area contributed by atoms with Crippen LogP contribution >= 0.6 is 12.4 Å². The van der Waals surface area contributed by atoms with Gasteiger partial charge in [0.2, 0.25) is 0 Å². The molecule has 1 saturated heterocycles. The number of carbonyl (C=O) groups is 1. The molecule has 2 N–H and O–H groups in total. The van der Waals surface area contributed by atoms with Crippen LogP contribution in [-0.4, -0.2) is 50.8 Å². The van der Waals surface area contributed by atoms with Crippen LogP contribution in [0.5, 0.6) is 0 Å². The highest BCUT2D eigenvalue weighted by Crippen LogP contribution is 2.14. The standard InChI is InChI=1S/C20H33N3O2.ClH/c1-25-17-7-5-3-2-4-6-8-18-9-11-19(12-10-18)22-20(24)23-15-13-21-14-16-23;/h9-12,21H,2-8,13-17H2,1H3,(H,22,24);1H. The zero-order valence-electron chi connectivity index (χ0n) is 16.0. The van der Waals surface area contributed by atoms with Crippen LogP contribution in [0.2, 0.25) is 0 Å². The normalized spacial score (nSPS) is 14.0. The molecule has 0 unspecified atom stereocenters. The van der Waals surface area contributed by atoms with E-state index in [1.54, 1.807) is 7.11 Å². The molecule has 2 rings (SSSR count). The van der Waals surface area contributed by atoms with Gasteiger partial charge in [0.1, 0.15) is 0 Å². The summed E-state index contributed by atoms with van der Waals surface area (Å²) in [5.74, 6) is 0. The van der Waals surface area contributed by atoms with E-state index in [1.165, 1.54) is 44.1 Å². The maximum absolute atomic E-state index is 12.2. The fourth-order valence-electron chi connectivity index (χ4n) is 3.11. The Labute approximate surface area is 164 Å². The number of halogens is 1. The second-order valence-electron chi connectivity index (χ2n) is 6.73. The molecular weight excluding hydrogens is 350 g/mol. The molecule has 0 spiro atoms. The molecule has 26 heavy (non-hydrogen) atoms. The van der Waals surface area contributed by atoms with E-state index in [1.807, 2.05) is 17.0 Å². The van der Waals surface area contributed by atoms with Crippen molar-refractivity contribution in [1.29, 1.82) is 0 Å². The van der Waals surface area contributed by atoms with Gasteiger partial charge in [-0.3, -0.25) is 0 Å². The van der Waals surface area contributed by atoms with Gasteiger partial charge in [-0.15, -0.1) is 12.4 Å². The number of carbonyl (C=O) groups excluding carboxylic acids is 1. The van der Waals surface area contributed by atoms with Crippen molar-refractivity contribution in [2.45, 2.75) is 44.9 Å². The monoisotopic (exact) mass is 383 g/mol. The molecule has 0 bridgehead atoms. The zero-order valence-corrected chi connectivity index (χ0v) is 16.8. The molecule has 1 heterocycles. The number of nitrogens with zero attached hydrogens (tertiary/aromatic N) is 1. The van der Waals surface area contributed by atoms with Gasteiger partial charge in [-0.2, -0.15) is 0 Å². The number of rotatable bonds is 10. The fraction of sp³-hybridized carbons (Fsp3) is 0.650. The van der Waals surface area contributed by atoms with Crippen LogP contribution in [-0.2, 0) is 11.2 Å². The summed E-state index contributed by atoms with van der Waals surface area (Å²) >= 11 is 0. The van der Waals surface area contributed by atoms with Crippen molar-refractivity contribution >= 4 is 24.1 Å². The first-order chi connectivity index (χ1) is 12.3. The van der Waals surface area contributed by atoms with Crippen molar-refractivity contribution in [3.05, 3.63) is 29.8 Å². The third-order valence-electron chi connectivity index (χ3n) is 4.67. The summed E-state index contributed by atoms with van der Waals surface area (Å²) < 4.78 is 5.06. The predicted octanol–water partition coefficient (Wildman–Crippen LogP) is 4.08. The van der Waals surface area contributed by atoms with E-state index < -0.39 is 0 Å². The van der Waals surface area contributed by atoms with E-state index >= 15 is 0 Å². The van der Waals surface area contributed by atoms with Crippen LogP contribution in [0.4, 0.5) is 10.5 Å². The van der Waals surface area contributed by atoms with Crippen molar-refractivity contribution in [3.8, 4) is 0 Å². The van der Waals surface area contributed by atoms with Gasteiger partial charge in [-0.1, -0.05) is 37.8 Å². The smallest absolute Gasteiger partial charge is 0.321 e. The van der Waals surface area contributed by atoms with E-state index in [9.17, 15) is 4.79 Å². The van der Waals surface area contributed by atoms with Crippen LogP contribution in [0.25, 0.3) is 0 Å². The summed E-state index contributed by atoms with van der Waals surface area (Å²) in [7, 11) is 1.77. The van der Waals surface area contributed by atoms with Gasteiger partial charge in [0.05, 0.1) is 0 Å². The number of methoxy groups -OCH3 is 1. The number of ether oxygens (including phenoxy) is 1. The highest BCUT2D eigenvalue weighted by molar-refractivity contribution is 5.89. The number of hydrogen-bond donors (Lipinski definition) is 2. The number of benzene rings is 1. The van der Waals surface area contributed by atoms with Crippen LogP contribution in [0.3, 0.4) is 0 Å². The zero-order chi connectivity index (χ0) is 17.7. The lowest BCUT2D eigenvalue weighted by atomic mass is 10.0. The van der Waals surface area contributed by atoms with Crippen LogP contribution in [0.1, 0.15) is 44.1 Å². The van der Waals surface area contributed by atoms with Gasteiger partial charge in [0.25, 0.3) is 0 Å². The highest BCUT2D eigenvalue weighted by atomic mass is 35.5. The molecule has 6 heteroatoms. The first-order valence-corrected chi connectivity index (χ1v) is 9.64. The van der Waals surface area contributed by atoms with Gasteiger partial charge in [0.15, 0.2) is 0 Å². The van der Waals surface area contributed by atoms with E-state index in [0.717, 1.165) is 44.9 Å². The van der Waals surface area contributed by atoms with Gasteiger partial charge >= 0.3 is 6.03 Å². The minimum atomic E-state index is 0. The second kappa shape index (κ2) is 13.8. The maximum Gasteiger partial charge on any atom is 0.321 e. The number of unbranched alkanes of at least 4 members (excludes halogenated alkanes) is 5. The third-order valence-corrected chi connectivity index (χ3v) is 4.67. The summed E-state index contributed by atoms with van der Waals surface area (Å²) in [5.41, 5.74) is 2.23. The molecule has 1 aromatic carbocycles. The Morgan fingerprint density at radius 1 is 1.04 bits per heavy atom. The number of urea groups is 1. The number of anilines is 1. The Kier molecular flexibility index (Phi) is 12.1. The van der Waals surface area contributed by atoms with E-state index in [-0.39, 0.29) is 18.4 Å². The summed E-state index contributed by atoms with van der Waals surface area (Å²) in [4.78, 5) is 14.0. The molecule has 0 saturated carbocycles. The van der Waals surface area contributed by atoms with Gasteiger partial charge in [-0.05, 0) is 37.0 Å². The molecule has 1 fully saturated rings. The average Bonchev–Trinajstić information content (AvgIpc) is 2.66. The van der Waals surface area contributed by atoms with Crippen molar-refractivity contribution in [2.75, 3.05) is 45.2 Å². The number of aryl methyl sites for hydroxylation is 1. The van der Waals surface area contributed by atoms with Crippen LogP contribution < -0.4 is 10.6 Å². The molecule has 0 atom stereocenters. The minimum Gasteiger partial charge on any atom is -0.385 e. The molecule has 0 aromatic heterocycles. The lowest BCUT2D eigenvalue weighted by Crippen LogP contribution is -2.48. The highest BCUT2D eigenvalue weighted by Gasteiger charge is 2.15. The molecule has 1 aromatic rings. The Morgan fingerprint density at radius 3 is 2.31 bits per heavy atom. The average molecular weight is 384 g/mol. The summed E-state index contributed by atoms with van der Waals surface area (Å²) in [5, 5.41) is 6.24. The lowest BCUT2D eigenvalue weighted by molar-refractivity contribution is 0.192. The van der Waals surface area contributed by atoms with Crippen LogP contribution in [0.15, 0.2) is 24.3 Å². The van der Waals surface area contributed by atoms with Crippen molar-refractivity contribution in [3.63, 3.8) is 0 Å². The van der Waals surface area contributed by atoms with Gasteiger partial charge < -0.3 is 20.3 Å². The predicted molar refractivity (Wildman–Crippen MR) is 110 cm³/mol. The van der Waals surface area contributed by atoms with Crippen molar-refractivity contribution < 1.29 is 9.53 Å². The van der Waals surface area contributed by atoms with E-state index in [4.69, 9.17) is 4.74 Å². The molecule has 2 amide bonds. The fourth-order valence-corrected chi connectivity index (χ4v) is 3.11. The molecule has 0 radical (unpaired) electrons. The van der Waals surface area contributed by atoms with Crippen molar-refractivity contribution in [1.82, 2.24) is 10.2 Å². The number of nitrogens with one attached hydrogen (secondary N) is 2. The summed E-state index contributed by atoms with van der Waals surface area (Å²) in [6.45, 7) is 4.18. The lowest BCUT2D eigenvalue weighted by Gasteiger charge is -2.27. The Bertz CT molecular complexity index is 490. The molecule has 0 aliphatic carbocycles. The SMILES string of the molecule is COCCCCCCCCc1ccc(NC(=O)N2CCNCC2)cc1.Cl. The summed E-state index contributed by atoms with van der Waals surface area (Å²) in [6, 6.07) is 8.29. The molecule has 1 aliphatic rings. The van der Waals surface area contributed by atoms with E-state index in [2.05, 4.69) is 22.8 Å². The third kappa shape index (κ3) is 8.88. The Morgan fingerprint density at radius 2 is 1.65 bits per heavy atom. The maximum atomic E-state index is 12.2. The van der Waals surface area contributed by atoms with Gasteiger partial charge in [0, 0.05) is 45.6 Å².